The third-order valence-corrected chi connectivity index (χ3v) is 8.87. The Labute approximate surface area is 161 Å². The molecular formula is C22H30N2OS. The van der Waals surface area contributed by atoms with Crippen LogP contribution < -0.4 is 5.32 Å². The normalized spacial score (nSPS) is 30.1. The highest BCUT2D eigenvalue weighted by molar-refractivity contribution is 7.16. The molecule has 4 rings (SSSR count). The van der Waals surface area contributed by atoms with Gasteiger partial charge in [0.1, 0.15) is 11.1 Å². The summed E-state index contributed by atoms with van der Waals surface area (Å²) in [6.45, 7) is 6.99. The molecule has 0 aromatic carbocycles. The molecule has 1 aromatic rings. The second-order valence-corrected chi connectivity index (χ2v) is 10.5. The van der Waals surface area contributed by atoms with Crippen LogP contribution in [-0.4, -0.2) is 5.91 Å². The van der Waals surface area contributed by atoms with Gasteiger partial charge >= 0.3 is 0 Å². The monoisotopic (exact) mass is 370 g/mol. The van der Waals surface area contributed by atoms with E-state index in [2.05, 4.69) is 32.2 Å². The first-order valence-corrected chi connectivity index (χ1v) is 11.1. The number of nitrogens with one attached hydrogen (secondary N) is 1. The van der Waals surface area contributed by atoms with Crippen molar-refractivity contribution < 1.29 is 4.79 Å². The predicted molar refractivity (Wildman–Crippen MR) is 106 cm³/mol. The Kier molecular flexibility index (Phi) is 4.63. The SMILES string of the molecule is CCC(C)(C)[C@@H]1CCc2c(sc(NC(=O)[C@@H]3C[C@H]4CC[C@H]3C4)c2C#N)C1. The molecule has 1 amide bonds. The Balaban J connectivity index is 1.53. The molecule has 1 N–H and O–H groups in total. The van der Waals surface area contributed by atoms with Gasteiger partial charge in [-0.2, -0.15) is 5.26 Å². The van der Waals surface area contributed by atoms with Crippen molar-refractivity contribution in [3.05, 3.63) is 16.0 Å². The topological polar surface area (TPSA) is 52.9 Å². The lowest BCUT2D eigenvalue weighted by Crippen LogP contribution is -2.28. The molecule has 140 valence electrons. The van der Waals surface area contributed by atoms with Crippen LogP contribution in [-0.2, 0) is 17.6 Å². The molecule has 2 bridgehead atoms. The van der Waals surface area contributed by atoms with Gasteiger partial charge in [-0.05, 0) is 67.3 Å². The summed E-state index contributed by atoms with van der Waals surface area (Å²) in [5, 5.41) is 13.7. The highest BCUT2D eigenvalue weighted by Gasteiger charge is 2.43. The van der Waals surface area contributed by atoms with Crippen molar-refractivity contribution in [3.63, 3.8) is 0 Å². The Bertz CT molecular complexity index is 757. The first-order valence-electron chi connectivity index (χ1n) is 10.3. The molecule has 1 heterocycles. The number of hydrogen-bond donors (Lipinski definition) is 1. The maximum Gasteiger partial charge on any atom is 0.228 e. The lowest BCUT2D eigenvalue weighted by Gasteiger charge is -2.36. The van der Waals surface area contributed by atoms with Crippen molar-refractivity contribution >= 4 is 22.2 Å². The number of carbonyl (C=O) groups excluding carboxylic acids is 1. The van der Waals surface area contributed by atoms with Crippen molar-refractivity contribution in [1.82, 2.24) is 0 Å². The lowest BCUT2D eigenvalue weighted by atomic mass is 9.69. The Hall–Kier alpha value is -1.34. The average molecular weight is 371 g/mol. The number of rotatable bonds is 4. The summed E-state index contributed by atoms with van der Waals surface area (Å²) in [5.74, 6) is 2.35. The molecule has 3 aliphatic rings. The third-order valence-electron chi connectivity index (χ3n) is 7.71. The van der Waals surface area contributed by atoms with E-state index in [9.17, 15) is 10.1 Å². The average Bonchev–Trinajstić information content (AvgIpc) is 3.34. The van der Waals surface area contributed by atoms with Crippen molar-refractivity contribution in [2.24, 2.45) is 29.1 Å². The molecular weight excluding hydrogens is 340 g/mol. The summed E-state index contributed by atoms with van der Waals surface area (Å²) in [5.41, 5.74) is 2.29. The standard InChI is InChI=1S/C22H30N2OS/c1-4-22(2,3)15-7-8-16-18(12-23)21(26-19(16)11-15)24-20(25)17-10-13-5-6-14(17)9-13/h13-15,17H,4-11H2,1-3H3,(H,24,25)/t13-,14-,15+,17+/m0/s1. The van der Waals surface area contributed by atoms with Gasteiger partial charge in [-0.15, -0.1) is 11.3 Å². The van der Waals surface area contributed by atoms with E-state index < -0.39 is 0 Å². The molecule has 2 fully saturated rings. The number of hydrogen-bond acceptors (Lipinski definition) is 3. The smallest absolute Gasteiger partial charge is 0.228 e. The van der Waals surface area contributed by atoms with Gasteiger partial charge in [-0.3, -0.25) is 4.79 Å². The van der Waals surface area contributed by atoms with Crippen LogP contribution in [0.1, 0.15) is 75.3 Å². The van der Waals surface area contributed by atoms with E-state index in [1.807, 2.05) is 0 Å². The molecule has 26 heavy (non-hydrogen) atoms. The van der Waals surface area contributed by atoms with Crippen LogP contribution >= 0.6 is 11.3 Å². The minimum Gasteiger partial charge on any atom is -0.316 e. The molecule has 0 radical (unpaired) electrons. The van der Waals surface area contributed by atoms with E-state index in [1.54, 1.807) is 11.3 Å². The van der Waals surface area contributed by atoms with Gasteiger partial charge < -0.3 is 5.32 Å². The van der Waals surface area contributed by atoms with Crippen molar-refractivity contribution in [3.8, 4) is 6.07 Å². The molecule has 0 unspecified atom stereocenters. The summed E-state index contributed by atoms with van der Waals surface area (Å²) in [6, 6.07) is 2.40. The summed E-state index contributed by atoms with van der Waals surface area (Å²) in [4.78, 5) is 14.2. The van der Waals surface area contributed by atoms with Crippen molar-refractivity contribution in [2.75, 3.05) is 5.32 Å². The molecule has 2 saturated carbocycles. The van der Waals surface area contributed by atoms with Gasteiger partial charge in [0.2, 0.25) is 5.91 Å². The number of anilines is 1. The van der Waals surface area contributed by atoms with Crippen LogP contribution in [0.4, 0.5) is 5.00 Å². The number of thiophene rings is 1. The van der Waals surface area contributed by atoms with Crippen LogP contribution in [0.15, 0.2) is 0 Å². The van der Waals surface area contributed by atoms with Gasteiger partial charge in [-0.25, -0.2) is 0 Å². The summed E-state index contributed by atoms with van der Waals surface area (Å²) >= 11 is 1.67. The summed E-state index contributed by atoms with van der Waals surface area (Å²) in [7, 11) is 0. The maximum absolute atomic E-state index is 12.8. The van der Waals surface area contributed by atoms with E-state index in [4.69, 9.17) is 0 Å². The fourth-order valence-electron chi connectivity index (χ4n) is 5.52. The first-order chi connectivity index (χ1) is 12.4. The zero-order chi connectivity index (χ0) is 18.5. The second kappa shape index (κ2) is 6.68. The van der Waals surface area contributed by atoms with E-state index >= 15 is 0 Å². The van der Waals surface area contributed by atoms with Gasteiger partial charge in [0.25, 0.3) is 0 Å². The number of nitrogens with zero attached hydrogens (tertiary/aromatic N) is 1. The molecule has 3 aliphatic carbocycles. The molecule has 0 spiro atoms. The maximum atomic E-state index is 12.8. The lowest BCUT2D eigenvalue weighted by molar-refractivity contribution is -0.121. The fourth-order valence-corrected chi connectivity index (χ4v) is 6.80. The molecule has 4 heteroatoms. The number of amides is 1. The zero-order valence-corrected chi connectivity index (χ0v) is 17.0. The van der Waals surface area contributed by atoms with Gasteiger partial charge in [0, 0.05) is 10.8 Å². The van der Waals surface area contributed by atoms with E-state index in [0.717, 1.165) is 42.2 Å². The number of carbonyl (C=O) groups is 1. The second-order valence-electron chi connectivity index (χ2n) is 9.37. The van der Waals surface area contributed by atoms with Gasteiger partial charge in [-0.1, -0.05) is 33.6 Å². The Morgan fingerprint density at radius 2 is 2.12 bits per heavy atom. The van der Waals surface area contributed by atoms with Crippen LogP contribution in [0.25, 0.3) is 0 Å². The van der Waals surface area contributed by atoms with E-state index in [-0.39, 0.29) is 11.8 Å². The van der Waals surface area contributed by atoms with Crippen molar-refractivity contribution in [1.29, 1.82) is 5.26 Å². The van der Waals surface area contributed by atoms with E-state index in [0.29, 0.717) is 17.3 Å². The predicted octanol–water partition coefficient (Wildman–Crippen LogP) is 5.54. The van der Waals surface area contributed by atoms with Crippen LogP contribution in [0.2, 0.25) is 0 Å². The van der Waals surface area contributed by atoms with Crippen LogP contribution in [0.3, 0.4) is 0 Å². The molecule has 4 atom stereocenters. The van der Waals surface area contributed by atoms with Crippen molar-refractivity contribution in [2.45, 2.75) is 72.1 Å². The number of fused-ring (bicyclic) bond motifs is 3. The molecule has 3 nitrogen and oxygen atoms in total. The third kappa shape index (κ3) is 2.99. The highest BCUT2D eigenvalue weighted by Crippen LogP contribution is 2.49. The minimum atomic E-state index is 0.165. The Morgan fingerprint density at radius 3 is 2.73 bits per heavy atom. The molecule has 0 aliphatic heterocycles. The quantitative estimate of drug-likeness (QED) is 0.757. The summed E-state index contributed by atoms with van der Waals surface area (Å²) < 4.78 is 0. The van der Waals surface area contributed by atoms with Gasteiger partial charge in [0.15, 0.2) is 0 Å². The molecule has 1 aromatic heterocycles. The largest absolute Gasteiger partial charge is 0.316 e. The van der Waals surface area contributed by atoms with Crippen LogP contribution in [0.5, 0.6) is 0 Å². The molecule has 0 saturated heterocycles. The number of nitriles is 1. The first kappa shape index (κ1) is 18.0. The van der Waals surface area contributed by atoms with Gasteiger partial charge in [0.05, 0.1) is 5.56 Å². The van der Waals surface area contributed by atoms with Crippen LogP contribution in [0, 0.1) is 40.4 Å². The fraction of sp³-hybridized carbons (Fsp3) is 0.727. The Morgan fingerprint density at radius 1 is 1.31 bits per heavy atom. The highest BCUT2D eigenvalue weighted by atomic mass is 32.1. The zero-order valence-electron chi connectivity index (χ0n) is 16.2. The van der Waals surface area contributed by atoms with E-state index in [1.165, 1.54) is 36.1 Å². The summed E-state index contributed by atoms with van der Waals surface area (Å²) in [6.07, 6.45) is 9.17. The minimum absolute atomic E-state index is 0.165.